The van der Waals surface area contributed by atoms with Crippen LogP contribution in [0, 0.1) is 40.9 Å². The summed E-state index contributed by atoms with van der Waals surface area (Å²) in [6, 6.07) is 1.75. The van der Waals surface area contributed by atoms with E-state index in [1.807, 2.05) is 11.0 Å². The van der Waals surface area contributed by atoms with Gasteiger partial charge in [0.05, 0.1) is 42.9 Å². The number of rotatable bonds is 9. The Labute approximate surface area is 292 Å². The maximum Gasteiger partial charge on any atom is 0.350 e. The Balaban J connectivity index is 1.43. The minimum atomic E-state index is -0.753. The second-order valence-electron chi connectivity index (χ2n) is 16.1. The number of carbonyl (C=O) groups is 3. The molecule has 4 fully saturated rings. The smallest absolute Gasteiger partial charge is 0.350 e. The largest absolute Gasteiger partial charge is 0.465 e. The number of anilines is 1. The van der Waals surface area contributed by atoms with Crippen LogP contribution in [0.3, 0.4) is 0 Å². The van der Waals surface area contributed by atoms with Crippen LogP contribution in [0.1, 0.15) is 133 Å². The van der Waals surface area contributed by atoms with Gasteiger partial charge in [-0.15, -0.1) is 11.3 Å². The van der Waals surface area contributed by atoms with Crippen LogP contribution in [0.2, 0.25) is 0 Å². The molecule has 0 aromatic carbocycles. The lowest BCUT2D eigenvalue weighted by Crippen LogP contribution is -2.52. The fraction of sp³-hybridized carbons (Fsp3) is 0.769. The Hall–Kier alpha value is -2.41. The van der Waals surface area contributed by atoms with Crippen molar-refractivity contribution in [1.82, 2.24) is 0 Å². The molecule has 1 saturated heterocycles. The lowest BCUT2D eigenvalue weighted by atomic mass is 9.79. The highest BCUT2D eigenvalue weighted by atomic mass is 32.1. The minimum Gasteiger partial charge on any atom is -0.465 e. The van der Waals surface area contributed by atoms with E-state index in [9.17, 15) is 14.4 Å². The summed E-state index contributed by atoms with van der Waals surface area (Å²) in [5.41, 5.74) is -0.368. The molecule has 0 unspecified atom stereocenters. The first-order chi connectivity index (χ1) is 22.9. The lowest BCUT2D eigenvalue weighted by Gasteiger charge is -2.44. The quantitative estimate of drug-likeness (QED) is 0.193. The lowest BCUT2D eigenvalue weighted by molar-refractivity contribution is -0.181. The van der Waals surface area contributed by atoms with Gasteiger partial charge < -0.3 is 23.8 Å². The van der Waals surface area contributed by atoms with Crippen molar-refractivity contribution in [2.45, 2.75) is 136 Å². The molecule has 266 valence electrons. The number of ether oxygens (including phenoxy) is 4. The molecular weight excluding hydrogens is 626 g/mol. The average molecular weight is 684 g/mol. The summed E-state index contributed by atoms with van der Waals surface area (Å²) in [4.78, 5) is 44.5. The van der Waals surface area contributed by atoms with Gasteiger partial charge >= 0.3 is 11.9 Å². The molecule has 1 aromatic heterocycles. The van der Waals surface area contributed by atoms with Crippen molar-refractivity contribution in [3.63, 3.8) is 0 Å². The number of esters is 2. The van der Waals surface area contributed by atoms with Crippen molar-refractivity contribution in [2.24, 2.45) is 29.1 Å². The molecule has 0 radical (unpaired) electrons. The SMILES string of the molecule is COC(=O)c1sc(C#CC(C)(C)C)cc1N(C(=O)[C@H]1CC[C@H](C)CC1)[C@H]1CC[C@](CO[C@H]2CCOC2)(OC(=O)[C@H]2CC[C@H](C)CC2)CC1. The van der Waals surface area contributed by atoms with Gasteiger partial charge in [0.25, 0.3) is 0 Å². The second-order valence-corrected chi connectivity index (χ2v) is 17.1. The first kappa shape index (κ1) is 36.9. The van der Waals surface area contributed by atoms with E-state index in [1.165, 1.54) is 18.4 Å². The third-order valence-electron chi connectivity index (χ3n) is 10.9. The summed E-state index contributed by atoms with van der Waals surface area (Å²) < 4.78 is 23.6. The first-order valence-electron chi connectivity index (χ1n) is 18.4. The molecule has 1 aliphatic heterocycles. The maximum absolute atomic E-state index is 14.6. The maximum atomic E-state index is 14.6. The molecule has 1 amide bonds. The van der Waals surface area contributed by atoms with E-state index in [1.54, 1.807) is 0 Å². The molecule has 0 bridgehead atoms. The van der Waals surface area contributed by atoms with Gasteiger partial charge in [0, 0.05) is 24.0 Å². The van der Waals surface area contributed by atoms with E-state index in [0.717, 1.165) is 62.7 Å². The molecule has 3 saturated carbocycles. The van der Waals surface area contributed by atoms with Crippen LogP contribution in [-0.2, 0) is 28.5 Å². The predicted octanol–water partition coefficient (Wildman–Crippen LogP) is 7.95. The third kappa shape index (κ3) is 9.43. The summed E-state index contributed by atoms with van der Waals surface area (Å²) in [6.45, 7) is 12.2. The molecule has 0 spiro atoms. The highest BCUT2D eigenvalue weighted by Crippen LogP contribution is 2.43. The van der Waals surface area contributed by atoms with Crippen LogP contribution < -0.4 is 4.90 Å². The number of hydrogen-bond acceptors (Lipinski definition) is 8. The van der Waals surface area contributed by atoms with Crippen LogP contribution in [-0.4, -0.2) is 62.5 Å². The molecule has 9 heteroatoms. The van der Waals surface area contributed by atoms with Gasteiger partial charge in [-0.25, -0.2) is 4.79 Å². The zero-order chi connectivity index (χ0) is 34.5. The summed E-state index contributed by atoms with van der Waals surface area (Å²) in [5, 5.41) is 0. The van der Waals surface area contributed by atoms with Gasteiger partial charge in [-0.3, -0.25) is 9.59 Å². The average Bonchev–Trinajstić information content (AvgIpc) is 3.74. The molecule has 2 heterocycles. The van der Waals surface area contributed by atoms with E-state index in [2.05, 4.69) is 46.5 Å². The summed E-state index contributed by atoms with van der Waals surface area (Å²) in [7, 11) is 1.38. The zero-order valence-corrected chi connectivity index (χ0v) is 30.9. The molecule has 8 nitrogen and oxygen atoms in total. The number of carbonyl (C=O) groups excluding carboxylic acids is 3. The zero-order valence-electron chi connectivity index (χ0n) is 30.1. The number of hydrogen-bond donors (Lipinski definition) is 0. The normalized spacial score (nSPS) is 31.0. The van der Waals surface area contributed by atoms with Gasteiger partial charge in [-0.1, -0.05) is 25.7 Å². The van der Waals surface area contributed by atoms with Crippen LogP contribution in [0.5, 0.6) is 0 Å². The summed E-state index contributed by atoms with van der Waals surface area (Å²) in [5.74, 6) is 7.13. The van der Waals surface area contributed by atoms with Crippen molar-refractivity contribution in [1.29, 1.82) is 0 Å². The standard InChI is InChI=1S/C39H57NO7S/c1-26-7-11-28(12-8-26)35(41)40(33-23-32(17-19-38(3,4)5)48-34(33)37(43)44-6)30-15-20-39(21-16-30,25-46-31-18-22-45-24-31)47-36(42)29-13-9-27(2)10-14-29/h23,26-31H,7-16,18,20-22,24-25H2,1-6H3/t26-,27-,28-,29-,30-,31-,39-/m0/s1. The highest BCUT2D eigenvalue weighted by molar-refractivity contribution is 7.15. The molecule has 48 heavy (non-hydrogen) atoms. The van der Waals surface area contributed by atoms with E-state index in [-0.39, 0.29) is 41.3 Å². The van der Waals surface area contributed by atoms with Crippen molar-refractivity contribution >= 4 is 34.9 Å². The number of methoxy groups -OCH3 is 1. The van der Waals surface area contributed by atoms with Crippen LogP contribution in [0.25, 0.3) is 0 Å². The van der Waals surface area contributed by atoms with E-state index in [0.29, 0.717) is 67.9 Å². The molecule has 4 aliphatic rings. The van der Waals surface area contributed by atoms with Gasteiger partial charge in [0.15, 0.2) is 0 Å². The molecule has 5 rings (SSSR count). The Morgan fingerprint density at radius 2 is 1.56 bits per heavy atom. The second kappa shape index (κ2) is 16.1. The van der Waals surface area contributed by atoms with Crippen molar-refractivity contribution < 1.29 is 33.3 Å². The van der Waals surface area contributed by atoms with Crippen molar-refractivity contribution in [3.05, 3.63) is 15.8 Å². The van der Waals surface area contributed by atoms with E-state index < -0.39 is 11.6 Å². The number of thiophene rings is 1. The van der Waals surface area contributed by atoms with Crippen LogP contribution in [0.15, 0.2) is 6.07 Å². The molecule has 1 atom stereocenters. The summed E-state index contributed by atoms with van der Waals surface area (Å²) >= 11 is 1.29. The first-order valence-corrected chi connectivity index (χ1v) is 19.2. The monoisotopic (exact) mass is 683 g/mol. The molecular formula is C39H57NO7S. The predicted molar refractivity (Wildman–Crippen MR) is 188 cm³/mol. The van der Waals surface area contributed by atoms with Gasteiger partial charge in [-0.2, -0.15) is 0 Å². The number of nitrogens with zero attached hydrogens (tertiary/aromatic N) is 1. The molecule has 3 aliphatic carbocycles. The van der Waals surface area contributed by atoms with E-state index >= 15 is 0 Å². The van der Waals surface area contributed by atoms with Crippen LogP contribution in [0.4, 0.5) is 5.69 Å². The van der Waals surface area contributed by atoms with Gasteiger partial charge in [-0.05, 0) is 122 Å². The fourth-order valence-corrected chi connectivity index (χ4v) is 8.60. The molecule has 0 N–H and O–H groups in total. The van der Waals surface area contributed by atoms with E-state index in [4.69, 9.17) is 18.9 Å². The number of amides is 1. The fourth-order valence-electron chi connectivity index (χ4n) is 7.68. The highest BCUT2D eigenvalue weighted by Gasteiger charge is 2.45. The Morgan fingerprint density at radius 1 is 0.938 bits per heavy atom. The summed E-state index contributed by atoms with van der Waals surface area (Å²) in [6.07, 6.45) is 10.8. The minimum absolute atomic E-state index is 0.00153. The van der Waals surface area contributed by atoms with Crippen molar-refractivity contribution in [3.8, 4) is 11.8 Å². The Morgan fingerprint density at radius 3 is 2.12 bits per heavy atom. The van der Waals surface area contributed by atoms with Crippen LogP contribution >= 0.6 is 11.3 Å². The van der Waals surface area contributed by atoms with Gasteiger partial charge in [0.2, 0.25) is 5.91 Å². The Bertz CT molecular complexity index is 1320. The topological polar surface area (TPSA) is 91.4 Å². The Kier molecular flexibility index (Phi) is 12.3. The third-order valence-corrected chi connectivity index (χ3v) is 11.9. The molecule has 1 aromatic rings. The van der Waals surface area contributed by atoms with Gasteiger partial charge in [0.1, 0.15) is 10.5 Å². The van der Waals surface area contributed by atoms with Crippen molar-refractivity contribution in [2.75, 3.05) is 31.8 Å².